The summed E-state index contributed by atoms with van der Waals surface area (Å²) in [6, 6.07) is 0. The third-order valence-corrected chi connectivity index (χ3v) is 15.5. The predicted molar refractivity (Wildman–Crippen MR) is 362 cm³/mol. The van der Waals surface area contributed by atoms with Gasteiger partial charge >= 0.3 is 17.9 Å². The normalized spacial score (nSPS) is 12.7. The number of carbonyl (C=O) groups excluding carboxylic acids is 3. The highest BCUT2D eigenvalue weighted by molar-refractivity contribution is 5.71. The molecule has 6 nitrogen and oxygen atoms in total. The van der Waals surface area contributed by atoms with Crippen LogP contribution < -0.4 is 0 Å². The summed E-state index contributed by atoms with van der Waals surface area (Å²) in [6.45, 7) is 6.53. The second-order valence-electron chi connectivity index (χ2n) is 23.8. The van der Waals surface area contributed by atoms with Gasteiger partial charge in [0.25, 0.3) is 0 Å². The van der Waals surface area contributed by atoms with Gasteiger partial charge in [-0.1, -0.05) is 311 Å². The van der Waals surface area contributed by atoms with Crippen molar-refractivity contribution in [3.8, 4) is 0 Å². The van der Waals surface area contributed by atoms with Gasteiger partial charge in [0, 0.05) is 19.3 Å². The largest absolute Gasteiger partial charge is 0.462 e. The van der Waals surface area contributed by atoms with Crippen molar-refractivity contribution in [1.82, 2.24) is 0 Å². The lowest BCUT2D eigenvalue weighted by atomic mass is 10.0. The topological polar surface area (TPSA) is 78.9 Å². The minimum absolute atomic E-state index is 0.0790. The Bertz CT molecular complexity index is 1610. The summed E-state index contributed by atoms with van der Waals surface area (Å²) in [5, 5.41) is 0. The van der Waals surface area contributed by atoms with Crippen molar-refractivity contribution in [2.24, 2.45) is 0 Å². The molecule has 0 aliphatic carbocycles. The molecule has 0 saturated carbocycles. The van der Waals surface area contributed by atoms with Gasteiger partial charge in [0.1, 0.15) is 13.2 Å². The van der Waals surface area contributed by atoms with E-state index in [1.807, 2.05) is 0 Å². The fourth-order valence-corrected chi connectivity index (χ4v) is 10.2. The summed E-state index contributed by atoms with van der Waals surface area (Å²) < 4.78 is 17.0. The molecule has 0 radical (unpaired) electrons. The lowest BCUT2D eigenvalue weighted by molar-refractivity contribution is -0.167. The highest BCUT2D eigenvalue weighted by atomic mass is 16.6. The van der Waals surface area contributed by atoms with E-state index in [1.165, 1.54) is 212 Å². The smallest absolute Gasteiger partial charge is 0.306 e. The van der Waals surface area contributed by atoms with Crippen LogP contribution in [0.2, 0.25) is 0 Å². The molecule has 0 spiro atoms. The summed E-state index contributed by atoms with van der Waals surface area (Å²) in [5.41, 5.74) is 0. The molecule has 0 bridgehead atoms. The van der Waals surface area contributed by atoms with E-state index in [2.05, 4.69) is 118 Å². The second-order valence-corrected chi connectivity index (χ2v) is 23.8. The summed E-state index contributed by atoms with van der Waals surface area (Å²) in [5.74, 6) is -0.876. The second kappa shape index (κ2) is 70.8. The Balaban J connectivity index is 4.24. The maximum atomic E-state index is 12.9. The van der Waals surface area contributed by atoms with E-state index in [4.69, 9.17) is 14.2 Å². The third kappa shape index (κ3) is 69.0. The number of rotatable bonds is 65. The molecule has 1 atom stereocenters. The van der Waals surface area contributed by atoms with Gasteiger partial charge in [0.05, 0.1) is 0 Å². The van der Waals surface area contributed by atoms with Crippen LogP contribution in [0.3, 0.4) is 0 Å². The Kier molecular flexibility index (Phi) is 67.7. The first kappa shape index (κ1) is 79.3. The monoisotopic (exact) mass is 1160 g/mol. The average molecular weight is 1160 g/mol. The highest BCUT2D eigenvalue weighted by Gasteiger charge is 2.19. The van der Waals surface area contributed by atoms with Gasteiger partial charge in [-0.3, -0.25) is 14.4 Å². The van der Waals surface area contributed by atoms with Crippen LogP contribution in [0, 0.1) is 0 Å². The molecule has 0 aliphatic rings. The molecular weight excluding hydrogens is 1020 g/mol. The Morgan fingerprint density at radius 2 is 0.470 bits per heavy atom. The van der Waals surface area contributed by atoms with E-state index in [-0.39, 0.29) is 31.1 Å². The Morgan fingerprint density at radius 1 is 0.253 bits per heavy atom. The summed E-state index contributed by atoms with van der Waals surface area (Å²) in [6.07, 6.45) is 95.8. The van der Waals surface area contributed by atoms with Gasteiger partial charge in [-0.05, 0) is 122 Å². The standard InChI is InChI=1S/C77H134O6/c1-4-7-10-13-16-19-22-25-27-29-31-33-34-35-36-37-38-39-40-41-42-44-45-47-49-52-55-58-61-64-67-70-76(79)82-73-74(72-81-75(78)69-66-63-60-57-54-51-24-21-18-15-12-9-6-3)83-77(80)71-68-65-62-59-56-53-50-48-46-43-32-30-28-26-23-20-17-14-11-8-5-2/h7,10,16,19,21,23-27,30-33,35-36,74H,4-6,8-9,11-15,17-18,20,22,28-29,34,37-73H2,1-3H3/b10-7-,19-16-,24-21-,26-23-,27-25-,32-30-,33-31-,36-35-. The zero-order valence-corrected chi connectivity index (χ0v) is 54.9. The van der Waals surface area contributed by atoms with Gasteiger partial charge in [0.2, 0.25) is 0 Å². The number of hydrogen-bond donors (Lipinski definition) is 0. The van der Waals surface area contributed by atoms with E-state index < -0.39 is 6.10 Å². The molecule has 0 N–H and O–H groups in total. The van der Waals surface area contributed by atoms with Gasteiger partial charge in [-0.15, -0.1) is 0 Å². The van der Waals surface area contributed by atoms with Crippen molar-refractivity contribution in [3.63, 3.8) is 0 Å². The zero-order chi connectivity index (χ0) is 59.9. The summed E-state index contributed by atoms with van der Waals surface area (Å²) in [4.78, 5) is 38.4. The van der Waals surface area contributed by atoms with Crippen LogP contribution in [-0.2, 0) is 28.6 Å². The van der Waals surface area contributed by atoms with Crippen LogP contribution >= 0.6 is 0 Å². The van der Waals surface area contributed by atoms with Crippen molar-refractivity contribution in [1.29, 1.82) is 0 Å². The van der Waals surface area contributed by atoms with Crippen molar-refractivity contribution in [3.05, 3.63) is 97.2 Å². The Morgan fingerprint density at radius 3 is 0.759 bits per heavy atom. The van der Waals surface area contributed by atoms with E-state index >= 15 is 0 Å². The molecule has 0 aromatic rings. The van der Waals surface area contributed by atoms with Gasteiger partial charge < -0.3 is 14.2 Å². The first-order chi connectivity index (χ1) is 41.0. The number of hydrogen-bond acceptors (Lipinski definition) is 6. The van der Waals surface area contributed by atoms with Crippen molar-refractivity contribution in [2.75, 3.05) is 13.2 Å². The summed E-state index contributed by atoms with van der Waals surface area (Å²) >= 11 is 0. The molecule has 0 amide bonds. The van der Waals surface area contributed by atoms with Gasteiger partial charge in [-0.2, -0.15) is 0 Å². The van der Waals surface area contributed by atoms with Crippen LogP contribution in [0.25, 0.3) is 0 Å². The van der Waals surface area contributed by atoms with Crippen LogP contribution in [-0.4, -0.2) is 37.2 Å². The molecule has 0 fully saturated rings. The van der Waals surface area contributed by atoms with Crippen LogP contribution in [0.1, 0.15) is 355 Å². The quantitative estimate of drug-likeness (QED) is 0.0261. The lowest BCUT2D eigenvalue weighted by Crippen LogP contribution is -2.30. The molecule has 0 rings (SSSR count). The summed E-state index contributed by atoms with van der Waals surface area (Å²) in [7, 11) is 0. The van der Waals surface area contributed by atoms with E-state index in [0.29, 0.717) is 19.3 Å². The van der Waals surface area contributed by atoms with E-state index in [0.717, 1.165) is 103 Å². The number of unbranched alkanes of at least 4 members (excludes halogenated alkanes) is 38. The van der Waals surface area contributed by atoms with Crippen LogP contribution in [0.5, 0.6) is 0 Å². The molecular formula is C77H134O6. The Labute approximate surface area is 515 Å². The highest BCUT2D eigenvalue weighted by Crippen LogP contribution is 2.17. The average Bonchev–Trinajstić information content (AvgIpc) is 3.49. The van der Waals surface area contributed by atoms with Gasteiger partial charge in [0.15, 0.2) is 6.10 Å². The number of esters is 3. The minimum atomic E-state index is -0.784. The molecule has 0 aromatic heterocycles. The van der Waals surface area contributed by atoms with Crippen molar-refractivity contribution < 1.29 is 28.6 Å². The fourth-order valence-electron chi connectivity index (χ4n) is 10.2. The zero-order valence-electron chi connectivity index (χ0n) is 54.9. The number of carbonyl (C=O) groups is 3. The van der Waals surface area contributed by atoms with Crippen LogP contribution in [0.4, 0.5) is 0 Å². The maximum Gasteiger partial charge on any atom is 0.306 e. The van der Waals surface area contributed by atoms with Gasteiger partial charge in [-0.25, -0.2) is 0 Å². The molecule has 0 aromatic carbocycles. The SMILES string of the molecule is CC/C=C\C/C=C\C/C=C\C/C=C\C/C=C\CCCCCCCCCCCCCCCCCC(=O)OCC(COC(=O)CCCCCCC/C=C\CCCCCC)OC(=O)CCCCCCCCCCC/C=C\C/C=C\CCCCCCC. The molecule has 0 saturated heterocycles. The lowest BCUT2D eigenvalue weighted by Gasteiger charge is -2.18. The molecule has 0 aliphatic heterocycles. The van der Waals surface area contributed by atoms with E-state index in [9.17, 15) is 14.4 Å². The third-order valence-electron chi connectivity index (χ3n) is 15.5. The minimum Gasteiger partial charge on any atom is -0.462 e. The Hall–Kier alpha value is -3.67. The van der Waals surface area contributed by atoms with Crippen LogP contribution in [0.15, 0.2) is 97.2 Å². The predicted octanol–water partition coefficient (Wildman–Crippen LogP) is 24.8. The number of ether oxygens (including phenoxy) is 3. The fraction of sp³-hybridized carbons (Fsp3) is 0.753. The first-order valence-corrected chi connectivity index (χ1v) is 35.7. The molecule has 0 heterocycles. The number of allylic oxidation sites excluding steroid dienone is 16. The molecule has 1 unspecified atom stereocenters. The maximum absolute atomic E-state index is 12.9. The van der Waals surface area contributed by atoms with Crippen molar-refractivity contribution in [2.45, 2.75) is 361 Å². The molecule has 6 heteroatoms. The van der Waals surface area contributed by atoms with Crippen molar-refractivity contribution >= 4 is 17.9 Å². The first-order valence-electron chi connectivity index (χ1n) is 35.7. The molecule has 83 heavy (non-hydrogen) atoms. The van der Waals surface area contributed by atoms with E-state index in [1.54, 1.807) is 0 Å². The molecule has 478 valence electrons.